The van der Waals surface area contributed by atoms with E-state index in [4.69, 9.17) is 9.47 Å². The van der Waals surface area contributed by atoms with Crippen LogP contribution in [0.5, 0.6) is 5.75 Å². The summed E-state index contributed by atoms with van der Waals surface area (Å²) < 4.78 is 10.8. The molecule has 0 fully saturated rings. The van der Waals surface area contributed by atoms with Crippen molar-refractivity contribution in [3.8, 4) is 5.75 Å². The summed E-state index contributed by atoms with van der Waals surface area (Å²) in [6.07, 6.45) is 4.87. The van der Waals surface area contributed by atoms with Crippen LogP contribution in [0, 0.1) is 5.92 Å². The smallest absolute Gasteiger partial charge is 0.119 e. The van der Waals surface area contributed by atoms with Gasteiger partial charge in [-0.2, -0.15) is 0 Å². The summed E-state index contributed by atoms with van der Waals surface area (Å²) in [6.45, 7) is 5.88. The quantitative estimate of drug-likeness (QED) is 0.594. The largest absolute Gasteiger partial charge is 0.494 e. The van der Waals surface area contributed by atoms with E-state index in [1.807, 2.05) is 30.3 Å². The van der Waals surface area contributed by atoms with Gasteiger partial charge in [-0.1, -0.05) is 31.5 Å². The third kappa shape index (κ3) is 8.18. The topological polar surface area (TPSA) is 30.5 Å². The third-order valence-electron chi connectivity index (χ3n) is 3.38. The van der Waals surface area contributed by atoms with Crippen molar-refractivity contribution in [3.05, 3.63) is 30.3 Å². The fourth-order valence-electron chi connectivity index (χ4n) is 2.32. The van der Waals surface area contributed by atoms with Crippen LogP contribution in [0.4, 0.5) is 0 Å². The highest BCUT2D eigenvalue weighted by Crippen LogP contribution is 2.14. The van der Waals surface area contributed by atoms with Gasteiger partial charge in [0, 0.05) is 13.7 Å². The van der Waals surface area contributed by atoms with E-state index >= 15 is 0 Å². The second kappa shape index (κ2) is 11.7. The van der Waals surface area contributed by atoms with E-state index in [1.54, 1.807) is 7.11 Å². The van der Waals surface area contributed by atoms with Crippen LogP contribution in [0.3, 0.4) is 0 Å². The maximum absolute atomic E-state index is 5.74. The molecule has 0 saturated carbocycles. The summed E-state index contributed by atoms with van der Waals surface area (Å²) in [6, 6.07) is 10.0. The van der Waals surface area contributed by atoms with Crippen molar-refractivity contribution in [2.45, 2.75) is 32.6 Å². The van der Waals surface area contributed by atoms with Crippen molar-refractivity contribution in [2.75, 3.05) is 33.4 Å². The molecule has 0 heterocycles. The molecule has 0 aromatic heterocycles. The van der Waals surface area contributed by atoms with Gasteiger partial charge in [-0.3, -0.25) is 0 Å². The van der Waals surface area contributed by atoms with Gasteiger partial charge in [0.05, 0.1) is 13.2 Å². The van der Waals surface area contributed by atoms with Gasteiger partial charge in [0.15, 0.2) is 0 Å². The second-order valence-electron chi connectivity index (χ2n) is 5.16. The molecule has 1 atom stereocenters. The summed E-state index contributed by atoms with van der Waals surface area (Å²) in [5.41, 5.74) is 0. The lowest BCUT2D eigenvalue weighted by Gasteiger charge is -2.17. The van der Waals surface area contributed by atoms with E-state index < -0.39 is 0 Å². The number of ether oxygens (including phenoxy) is 2. The lowest BCUT2D eigenvalue weighted by Crippen LogP contribution is -2.26. The van der Waals surface area contributed by atoms with Gasteiger partial charge >= 0.3 is 0 Å². The molecule has 114 valence electrons. The molecule has 0 aliphatic carbocycles. The van der Waals surface area contributed by atoms with Crippen molar-refractivity contribution in [2.24, 2.45) is 5.92 Å². The Morgan fingerprint density at radius 3 is 2.60 bits per heavy atom. The zero-order chi connectivity index (χ0) is 14.5. The molecule has 1 aromatic carbocycles. The number of benzene rings is 1. The molecular formula is C17H29NO2. The lowest BCUT2D eigenvalue weighted by molar-refractivity contribution is 0.196. The molecule has 0 amide bonds. The first kappa shape index (κ1) is 17.0. The molecule has 1 unspecified atom stereocenters. The highest BCUT2D eigenvalue weighted by Gasteiger charge is 2.07. The minimum Gasteiger partial charge on any atom is -0.494 e. The highest BCUT2D eigenvalue weighted by molar-refractivity contribution is 5.20. The number of nitrogens with one attached hydrogen (secondary N) is 1. The average Bonchev–Trinajstić information content (AvgIpc) is 2.49. The molecule has 0 spiro atoms. The van der Waals surface area contributed by atoms with E-state index in [2.05, 4.69) is 12.2 Å². The van der Waals surface area contributed by atoms with Crippen LogP contribution >= 0.6 is 0 Å². The Kier molecular flexibility index (Phi) is 9.98. The van der Waals surface area contributed by atoms with Crippen LogP contribution in [-0.2, 0) is 4.74 Å². The van der Waals surface area contributed by atoms with Gasteiger partial charge in [-0.05, 0) is 43.9 Å². The van der Waals surface area contributed by atoms with Gasteiger partial charge in [0.25, 0.3) is 0 Å². The van der Waals surface area contributed by atoms with E-state index in [1.165, 1.54) is 19.3 Å². The second-order valence-corrected chi connectivity index (χ2v) is 5.16. The van der Waals surface area contributed by atoms with Crippen molar-refractivity contribution < 1.29 is 9.47 Å². The summed E-state index contributed by atoms with van der Waals surface area (Å²) in [7, 11) is 1.74. The van der Waals surface area contributed by atoms with Crippen molar-refractivity contribution in [1.29, 1.82) is 0 Å². The molecule has 1 rings (SSSR count). The fraction of sp³-hybridized carbons (Fsp3) is 0.647. The van der Waals surface area contributed by atoms with Crippen LogP contribution in [0.15, 0.2) is 30.3 Å². The molecule has 0 aliphatic rings. The molecule has 0 aliphatic heterocycles. The number of hydrogen-bond donors (Lipinski definition) is 1. The number of hydrogen-bond acceptors (Lipinski definition) is 3. The zero-order valence-corrected chi connectivity index (χ0v) is 12.9. The Bertz CT molecular complexity index is 316. The predicted molar refractivity (Wildman–Crippen MR) is 84.3 cm³/mol. The lowest BCUT2D eigenvalue weighted by atomic mass is 9.98. The Hall–Kier alpha value is -1.06. The molecule has 3 heteroatoms. The highest BCUT2D eigenvalue weighted by atomic mass is 16.5. The van der Waals surface area contributed by atoms with Crippen molar-refractivity contribution in [1.82, 2.24) is 5.32 Å². The summed E-state index contributed by atoms with van der Waals surface area (Å²) in [5, 5.41) is 3.46. The molecule has 0 saturated heterocycles. The molecule has 0 radical (unpaired) electrons. The minimum absolute atomic E-state index is 0.747. The molecular weight excluding hydrogens is 250 g/mol. The first-order valence-electron chi connectivity index (χ1n) is 7.74. The number of methoxy groups -OCH3 is 1. The molecule has 1 aromatic rings. The Labute approximate surface area is 123 Å². The monoisotopic (exact) mass is 279 g/mol. The van der Waals surface area contributed by atoms with Crippen LogP contribution in [0.2, 0.25) is 0 Å². The van der Waals surface area contributed by atoms with Gasteiger partial charge < -0.3 is 14.8 Å². The molecule has 1 N–H and O–H groups in total. The van der Waals surface area contributed by atoms with Crippen LogP contribution in [0.1, 0.15) is 32.6 Å². The predicted octanol–water partition coefficient (Wildman–Crippen LogP) is 3.50. The van der Waals surface area contributed by atoms with Crippen LogP contribution in [0.25, 0.3) is 0 Å². The van der Waals surface area contributed by atoms with E-state index in [9.17, 15) is 0 Å². The van der Waals surface area contributed by atoms with E-state index in [0.29, 0.717) is 0 Å². The average molecular weight is 279 g/mol. The normalized spacial score (nSPS) is 12.3. The van der Waals surface area contributed by atoms with E-state index in [-0.39, 0.29) is 0 Å². The van der Waals surface area contributed by atoms with Crippen LogP contribution in [-0.4, -0.2) is 33.4 Å². The van der Waals surface area contributed by atoms with Crippen LogP contribution < -0.4 is 10.1 Å². The van der Waals surface area contributed by atoms with Gasteiger partial charge in [0.1, 0.15) is 5.75 Å². The Morgan fingerprint density at radius 2 is 1.90 bits per heavy atom. The maximum Gasteiger partial charge on any atom is 0.119 e. The van der Waals surface area contributed by atoms with Gasteiger partial charge in [-0.25, -0.2) is 0 Å². The van der Waals surface area contributed by atoms with Gasteiger partial charge in [0.2, 0.25) is 0 Å². The summed E-state index contributed by atoms with van der Waals surface area (Å²) in [4.78, 5) is 0. The molecule has 3 nitrogen and oxygen atoms in total. The third-order valence-corrected chi connectivity index (χ3v) is 3.38. The standard InChI is InChI=1S/C17H29NO2/c1-3-8-16(15-18-12-14-19-2)9-7-13-20-17-10-5-4-6-11-17/h4-6,10-11,16,18H,3,7-9,12-15H2,1-2H3. The molecule has 0 bridgehead atoms. The summed E-state index contributed by atoms with van der Waals surface area (Å²) in [5.74, 6) is 1.72. The first-order chi connectivity index (χ1) is 9.86. The minimum atomic E-state index is 0.747. The Morgan fingerprint density at radius 1 is 1.10 bits per heavy atom. The van der Waals surface area contributed by atoms with Gasteiger partial charge in [-0.15, -0.1) is 0 Å². The number of rotatable bonds is 12. The summed E-state index contributed by atoms with van der Waals surface area (Å²) >= 11 is 0. The first-order valence-corrected chi connectivity index (χ1v) is 7.74. The van der Waals surface area contributed by atoms with Crippen molar-refractivity contribution in [3.63, 3.8) is 0 Å². The fourth-order valence-corrected chi connectivity index (χ4v) is 2.32. The number of para-hydroxylation sites is 1. The Balaban J connectivity index is 2.11. The van der Waals surface area contributed by atoms with Crippen molar-refractivity contribution >= 4 is 0 Å². The van der Waals surface area contributed by atoms with E-state index in [0.717, 1.165) is 44.4 Å². The zero-order valence-electron chi connectivity index (χ0n) is 12.9. The maximum atomic E-state index is 5.74. The molecule has 20 heavy (non-hydrogen) atoms. The SMILES string of the molecule is CCCC(CCCOc1ccccc1)CNCCOC.